The molecule has 0 radical (unpaired) electrons. The maximum atomic E-state index is 2.42. The highest BCUT2D eigenvalue weighted by Crippen LogP contribution is 2.38. The van der Waals surface area contributed by atoms with E-state index in [1.165, 1.54) is 66.8 Å². The molecule has 0 aliphatic carbocycles. The van der Waals surface area contributed by atoms with Gasteiger partial charge in [-0.05, 0) is 83.6 Å². The summed E-state index contributed by atoms with van der Waals surface area (Å²) in [5.74, 6) is 0. The van der Waals surface area contributed by atoms with Gasteiger partial charge < -0.3 is 9.13 Å². The minimum atomic E-state index is 1.04. The van der Waals surface area contributed by atoms with Crippen LogP contribution in [0.4, 0.5) is 0 Å². The Morgan fingerprint density at radius 1 is 0.425 bits per heavy atom. The third-order valence-electron chi connectivity index (χ3n) is 8.07. The zero-order valence-electron chi connectivity index (χ0n) is 23.0. The molecule has 0 atom stereocenters. The molecule has 0 aliphatic heterocycles. The molecule has 0 spiro atoms. The quantitative estimate of drug-likeness (QED) is 0.208. The van der Waals surface area contributed by atoms with Gasteiger partial charge in [0, 0.05) is 22.1 Å². The molecular weight excluding hydrogens is 484 g/mol. The normalized spacial score (nSPS) is 11.4. The fourth-order valence-electron chi connectivity index (χ4n) is 5.87. The van der Waals surface area contributed by atoms with E-state index in [1.807, 2.05) is 0 Å². The number of benzene rings is 5. The van der Waals surface area contributed by atoms with Crippen LogP contribution >= 0.6 is 0 Å². The predicted octanol–water partition coefficient (Wildman–Crippen LogP) is 10.0. The number of rotatable bonds is 6. The van der Waals surface area contributed by atoms with Gasteiger partial charge in [0.2, 0.25) is 0 Å². The monoisotopic (exact) mass is 516 g/mol. The molecule has 7 rings (SSSR count). The predicted molar refractivity (Wildman–Crippen MR) is 170 cm³/mol. The van der Waals surface area contributed by atoms with Crippen LogP contribution in [-0.4, -0.2) is 9.13 Å². The first-order valence-corrected chi connectivity index (χ1v) is 14.2. The first kappa shape index (κ1) is 24.2. The summed E-state index contributed by atoms with van der Waals surface area (Å²) in [5, 5.41) is 2.46. The fraction of sp³-hybridized carbons (Fsp3) is 0.105. The van der Waals surface area contributed by atoms with E-state index in [0.717, 1.165) is 12.8 Å². The molecule has 0 saturated carbocycles. The fourth-order valence-corrected chi connectivity index (χ4v) is 5.87. The van der Waals surface area contributed by atoms with Crippen LogP contribution in [0.3, 0.4) is 0 Å². The van der Waals surface area contributed by atoms with Gasteiger partial charge in [0.15, 0.2) is 0 Å². The van der Waals surface area contributed by atoms with E-state index >= 15 is 0 Å². The van der Waals surface area contributed by atoms with Crippen molar-refractivity contribution in [3.05, 3.63) is 145 Å². The first-order valence-electron chi connectivity index (χ1n) is 14.2. The number of fused-ring (bicyclic) bond motifs is 2. The maximum absolute atomic E-state index is 2.42. The molecule has 2 nitrogen and oxygen atoms in total. The van der Waals surface area contributed by atoms with E-state index in [4.69, 9.17) is 0 Å². The van der Waals surface area contributed by atoms with Gasteiger partial charge in [-0.15, -0.1) is 0 Å². The summed E-state index contributed by atoms with van der Waals surface area (Å²) in [6, 6.07) is 48.9. The van der Waals surface area contributed by atoms with Crippen molar-refractivity contribution in [2.24, 2.45) is 0 Å². The van der Waals surface area contributed by atoms with Crippen LogP contribution in [0.25, 0.3) is 55.7 Å². The van der Waals surface area contributed by atoms with Crippen molar-refractivity contribution >= 4 is 21.8 Å². The molecule has 0 fully saturated rings. The summed E-state index contributed by atoms with van der Waals surface area (Å²) in [6.45, 7) is 4.41. The molecule has 7 aromatic rings. The Bertz CT molecular complexity index is 1780. The van der Waals surface area contributed by atoms with Crippen molar-refractivity contribution in [2.75, 3.05) is 0 Å². The number of hydrogen-bond donors (Lipinski definition) is 0. The Kier molecular flexibility index (Phi) is 6.09. The average molecular weight is 517 g/mol. The molecule has 0 amide bonds. The molecular formula is C38H32N2. The third-order valence-corrected chi connectivity index (χ3v) is 8.07. The lowest BCUT2D eigenvalue weighted by molar-refractivity contribution is 1.10. The Morgan fingerprint density at radius 3 is 1.15 bits per heavy atom. The van der Waals surface area contributed by atoms with Crippen molar-refractivity contribution in [3.8, 4) is 33.9 Å². The topological polar surface area (TPSA) is 9.86 Å². The highest BCUT2D eigenvalue weighted by molar-refractivity contribution is 6.02. The Morgan fingerprint density at radius 2 is 0.800 bits per heavy atom. The highest BCUT2D eigenvalue weighted by atomic mass is 15.0. The minimum absolute atomic E-state index is 1.04. The average Bonchev–Trinajstić information content (AvgIpc) is 3.59. The molecule has 5 aromatic carbocycles. The second-order valence-electron chi connectivity index (χ2n) is 10.5. The summed E-state index contributed by atoms with van der Waals surface area (Å²) in [4.78, 5) is 0. The van der Waals surface area contributed by atoms with Crippen LogP contribution in [-0.2, 0) is 12.8 Å². The van der Waals surface area contributed by atoms with Crippen LogP contribution in [0.5, 0.6) is 0 Å². The number of nitrogens with zero attached hydrogens (tertiary/aromatic N) is 2. The molecule has 0 bridgehead atoms. The Labute approximate surface area is 235 Å². The van der Waals surface area contributed by atoms with Crippen molar-refractivity contribution < 1.29 is 0 Å². The third kappa shape index (κ3) is 4.13. The van der Waals surface area contributed by atoms with Crippen LogP contribution in [0, 0.1) is 0 Å². The standard InChI is InChI=1S/C38H32N2/c1-3-27-15-19-33(20-16-27)39-35(29-11-7-5-8-12-29)23-31-26-38-32(25-37(31)39)24-36(30-13-9-6-10-14-30)40(38)34-21-17-28(4-2)18-22-34/h5-26H,3-4H2,1-2H3. The number of hydrogen-bond acceptors (Lipinski definition) is 0. The molecule has 0 unspecified atom stereocenters. The lowest BCUT2D eigenvalue weighted by atomic mass is 10.1. The van der Waals surface area contributed by atoms with E-state index < -0.39 is 0 Å². The second-order valence-corrected chi connectivity index (χ2v) is 10.5. The zero-order valence-corrected chi connectivity index (χ0v) is 23.0. The van der Waals surface area contributed by atoms with Gasteiger partial charge in [0.25, 0.3) is 0 Å². The van der Waals surface area contributed by atoms with Crippen molar-refractivity contribution in [3.63, 3.8) is 0 Å². The molecule has 2 heteroatoms. The van der Waals surface area contributed by atoms with Gasteiger partial charge >= 0.3 is 0 Å². The minimum Gasteiger partial charge on any atom is -0.309 e. The van der Waals surface area contributed by atoms with E-state index in [-0.39, 0.29) is 0 Å². The molecule has 0 aliphatic rings. The van der Waals surface area contributed by atoms with Crippen LogP contribution in [0.1, 0.15) is 25.0 Å². The second kappa shape index (κ2) is 10.1. The van der Waals surface area contributed by atoms with E-state index in [0.29, 0.717) is 0 Å². The maximum Gasteiger partial charge on any atom is 0.0542 e. The van der Waals surface area contributed by atoms with Gasteiger partial charge in [-0.25, -0.2) is 0 Å². The Balaban J connectivity index is 1.52. The molecule has 0 saturated heterocycles. The highest BCUT2D eigenvalue weighted by Gasteiger charge is 2.18. The van der Waals surface area contributed by atoms with Gasteiger partial charge in [0.1, 0.15) is 0 Å². The van der Waals surface area contributed by atoms with E-state index in [2.05, 4.69) is 156 Å². The molecule has 2 aromatic heterocycles. The summed E-state index contributed by atoms with van der Waals surface area (Å²) < 4.78 is 4.83. The van der Waals surface area contributed by atoms with Gasteiger partial charge in [-0.3, -0.25) is 0 Å². The van der Waals surface area contributed by atoms with E-state index in [1.54, 1.807) is 0 Å². The molecule has 194 valence electrons. The van der Waals surface area contributed by atoms with Crippen molar-refractivity contribution in [1.82, 2.24) is 9.13 Å². The van der Waals surface area contributed by atoms with E-state index in [9.17, 15) is 0 Å². The summed E-state index contributed by atoms with van der Waals surface area (Å²) >= 11 is 0. The van der Waals surface area contributed by atoms with Crippen LogP contribution in [0.15, 0.2) is 133 Å². The number of aromatic nitrogens is 2. The molecule has 40 heavy (non-hydrogen) atoms. The summed E-state index contributed by atoms with van der Waals surface area (Å²) in [5.41, 5.74) is 12.3. The van der Waals surface area contributed by atoms with Gasteiger partial charge in [-0.2, -0.15) is 0 Å². The Hall–Kier alpha value is -4.82. The summed E-state index contributed by atoms with van der Waals surface area (Å²) in [6.07, 6.45) is 2.07. The SMILES string of the molecule is CCc1ccc(-n2c(-c3ccccc3)cc3cc4c(cc(-c5ccccc5)n4-c4ccc(CC)cc4)cc32)cc1. The van der Waals surface area contributed by atoms with Crippen molar-refractivity contribution in [2.45, 2.75) is 26.7 Å². The van der Waals surface area contributed by atoms with Gasteiger partial charge in [-0.1, -0.05) is 98.8 Å². The zero-order chi connectivity index (χ0) is 27.1. The lowest BCUT2D eigenvalue weighted by Gasteiger charge is -2.13. The first-order chi connectivity index (χ1) is 19.7. The molecule has 2 heterocycles. The lowest BCUT2D eigenvalue weighted by Crippen LogP contribution is -1.98. The number of aryl methyl sites for hydroxylation is 2. The largest absolute Gasteiger partial charge is 0.309 e. The molecule has 0 N–H and O–H groups in total. The van der Waals surface area contributed by atoms with Gasteiger partial charge in [0.05, 0.1) is 22.4 Å². The van der Waals surface area contributed by atoms with Crippen LogP contribution < -0.4 is 0 Å². The van der Waals surface area contributed by atoms with Crippen molar-refractivity contribution in [1.29, 1.82) is 0 Å². The smallest absolute Gasteiger partial charge is 0.0542 e. The van der Waals surface area contributed by atoms with Crippen LogP contribution in [0.2, 0.25) is 0 Å². The summed E-state index contributed by atoms with van der Waals surface area (Å²) in [7, 11) is 0.